The van der Waals surface area contributed by atoms with Crippen molar-refractivity contribution in [2.24, 2.45) is 7.05 Å². The molecule has 0 amide bonds. The molecule has 1 fully saturated rings. The van der Waals surface area contributed by atoms with Crippen molar-refractivity contribution >= 4 is 5.95 Å². The van der Waals surface area contributed by atoms with Crippen molar-refractivity contribution in [1.29, 1.82) is 0 Å². The first kappa shape index (κ1) is 9.42. The number of likely N-dealkylation sites (N-methyl/N-ethyl adjacent to an activating group) is 1. The summed E-state index contributed by atoms with van der Waals surface area (Å²) in [5, 5.41) is 7.49. The van der Waals surface area contributed by atoms with Crippen molar-refractivity contribution in [2.45, 2.75) is 12.0 Å². The van der Waals surface area contributed by atoms with Crippen molar-refractivity contribution in [2.75, 3.05) is 26.0 Å². The average Bonchev–Trinajstić information content (AvgIpc) is 2.75. The lowest BCUT2D eigenvalue weighted by Gasteiger charge is -2.22. The van der Waals surface area contributed by atoms with Crippen molar-refractivity contribution in [1.82, 2.24) is 20.1 Å². The van der Waals surface area contributed by atoms with E-state index in [1.807, 2.05) is 7.05 Å². The molecule has 6 heteroatoms. The lowest BCUT2D eigenvalue weighted by molar-refractivity contribution is 0.166. The van der Waals surface area contributed by atoms with Gasteiger partial charge in [-0.05, 0) is 13.5 Å². The third kappa shape index (κ3) is 1.27. The number of nitrogen functional groups attached to an aromatic ring is 1. The van der Waals surface area contributed by atoms with E-state index >= 15 is 0 Å². The Hall–Kier alpha value is -1.14. The van der Waals surface area contributed by atoms with Crippen molar-refractivity contribution in [3.63, 3.8) is 0 Å². The Morgan fingerprint density at radius 1 is 1.64 bits per heavy atom. The van der Waals surface area contributed by atoms with Gasteiger partial charge in [0.15, 0.2) is 5.82 Å². The van der Waals surface area contributed by atoms with Gasteiger partial charge in [0.2, 0.25) is 5.95 Å². The van der Waals surface area contributed by atoms with Crippen LogP contribution in [-0.2, 0) is 17.3 Å². The number of ether oxygens (including phenoxy) is 1. The maximum absolute atomic E-state index is 5.64. The van der Waals surface area contributed by atoms with E-state index in [1.165, 1.54) is 0 Å². The fraction of sp³-hybridized carbons (Fsp3) is 0.750. The van der Waals surface area contributed by atoms with E-state index < -0.39 is 0 Å². The van der Waals surface area contributed by atoms with E-state index in [0.717, 1.165) is 18.9 Å². The Labute approximate surface area is 82.4 Å². The molecule has 0 spiro atoms. The van der Waals surface area contributed by atoms with Gasteiger partial charge in [-0.2, -0.15) is 10.1 Å². The maximum atomic E-state index is 5.64. The number of nitrogens with zero attached hydrogens (tertiary/aromatic N) is 3. The molecule has 3 N–H and O–H groups in total. The number of aromatic nitrogens is 3. The Morgan fingerprint density at radius 2 is 2.43 bits per heavy atom. The molecule has 14 heavy (non-hydrogen) atoms. The Morgan fingerprint density at radius 3 is 2.86 bits per heavy atom. The van der Waals surface area contributed by atoms with Crippen LogP contribution in [0.2, 0.25) is 0 Å². The summed E-state index contributed by atoms with van der Waals surface area (Å²) in [4.78, 5) is 4.22. The minimum absolute atomic E-state index is 0.255. The van der Waals surface area contributed by atoms with Crippen LogP contribution in [0.1, 0.15) is 12.2 Å². The van der Waals surface area contributed by atoms with Gasteiger partial charge in [-0.15, -0.1) is 0 Å². The predicted octanol–water partition coefficient (Wildman–Crippen LogP) is -0.768. The molecule has 0 aromatic carbocycles. The smallest absolute Gasteiger partial charge is 0.218 e. The van der Waals surface area contributed by atoms with E-state index in [0.29, 0.717) is 12.6 Å². The molecule has 1 aromatic rings. The number of rotatable bonds is 2. The first-order valence-corrected chi connectivity index (χ1v) is 4.61. The largest absolute Gasteiger partial charge is 0.379 e. The van der Waals surface area contributed by atoms with Gasteiger partial charge in [0.1, 0.15) is 5.54 Å². The lowest BCUT2D eigenvalue weighted by Crippen LogP contribution is -2.41. The number of nitrogens with one attached hydrogen (secondary N) is 1. The van der Waals surface area contributed by atoms with Crippen LogP contribution in [0.3, 0.4) is 0 Å². The zero-order valence-corrected chi connectivity index (χ0v) is 8.45. The molecule has 0 radical (unpaired) electrons. The van der Waals surface area contributed by atoms with Crippen LogP contribution < -0.4 is 11.1 Å². The Bertz CT molecular complexity index is 309. The topological polar surface area (TPSA) is 78.0 Å². The summed E-state index contributed by atoms with van der Waals surface area (Å²) < 4.78 is 6.94. The molecule has 1 aliphatic heterocycles. The molecular weight excluding hydrogens is 182 g/mol. The number of anilines is 1. The van der Waals surface area contributed by atoms with Crippen LogP contribution in [0.5, 0.6) is 0 Å². The van der Waals surface area contributed by atoms with E-state index in [9.17, 15) is 0 Å². The second kappa shape index (κ2) is 3.21. The Kier molecular flexibility index (Phi) is 2.16. The number of nitrogens with two attached hydrogens (primary N) is 1. The quantitative estimate of drug-likeness (QED) is 0.651. The molecule has 1 atom stereocenters. The number of hydrogen-bond acceptors (Lipinski definition) is 5. The van der Waals surface area contributed by atoms with Crippen LogP contribution in [0.4, 0.5) is 5.95 Å². The third-order valence-electron chi connectivity index (χ3n) is 2.72. The fourth-order valence-electron chi connectivity index (χ4n) is 1.65. The monoisotopic (exact) mass is 197 g/mol. The summed E-state index contributed by atoms with van der Waals surface area (Å²) in [6, 6.07) is 0. The minimum atomic E-state index is -0.255. The highest BCUT2D eigenvalue weighted by Gasteiger charge is 2.39. The van der Waals surface area contributed by atoms with Gasteiger partial charge in [0.25, 0.3) is 0 Å². The predicted molar refractivity (Wildman–Crippen MR) is 51.6 cm³/mol. The summed E-state index contributed by atoms with van der Waals surface area (Å²) in [5.74, 6) is 1.15. The van der Waals surface area contributed by atoms with E-state index in [1.54, 1.807) is 11.7 Å². The molecule has 78 valence electrons. The second-order valence-electron chi connectivity index (χ2n) is 3.55. The minimum Gasteiger partial charge on any atom is -0.379 e. The summed E-state index contributed by atoms with van der Waals surface area (Å²) >= 11 is 0. The summed E-state index contributed by atoms with van der Waals surface area (Å²) in [7, 11) is 3.67. The average molecular weight is 197 g/mol. The van der Waals surface area contributed by atoms with Crippen LogP contribution >= 0.6 is 0 Å². The molecule has 0 saturated carbocycles. The highest BCUT2D eigenvalue weighted by atomic mass is 16.5. The van der Waals surface area contributed by atoms with Gasteiger partial charge in [-0.1, -0.05) is 0 Å². The molecule has 1 aromatic heterocycles. The third-order valence-corrected chi connectivity index (χ3v) is 2.72. The Balaban J connectivity index is 2.36. The van der Waals surface area contributed by atoms with Crippen LogP contribution in [0, 0.1) is 0 Å². The van der Waals surface area contributed by atoms with Crippen molar-refractivity contribution in [3.8, 4) is 0 Å². The number of hydrogen-bond donors (Lipinski definition) is 2. The molecule has 1 saturated heterocycles. The first-order valence-electron chi connectivity index (χ1n) is 4.61. The van der Waals surface area contributed by atoms with E-state index in [2.05, 4.69) is 15.4 Å². The molecule has 0 bridgehead atoms. The highest BCUT2D eigenvalue weighted by Crippen LogP contribution is 2.27. The van der Waals surface area contributed by atoms with Gasteiger partial charge in [0.05, 0.1) is 6.61 Å². The summed E-state index contributed by atoms with van der Waals surface area (Å²) in [6.45, 7) is 1.34. The summed E-state index contributed by atoms with van der Waals surface area (Å²) in [5.41, 5.74) is 5.39. The molecule has 1 aliphatic rings. The zero-order chi connectivity index (χ0) is 10.2. The standard InChI is InChI=1S/C8H15N5O/c1-10-8(3-4-14-5-8)6-11-7(9)13(2)12-6/h10H,3-5H2,1-2H3,(H2,9,11,12). The molecule has 0 aliphatic carbocycles. The second-order valence-corrected chi connectivity index (χ2v) is 3.55. The number of aryl methyl sites for hydroxylation is 1. The van der Waals surface area contributed by atoms with Crippen LogP contribution in [-0.4, -0.2) is 35.0 Å². The molecule has 2 heterocycles. The van der Waals surface area contributed by atoms with Gasteiger partial charge in [0, 0.05) is 13.7 Å². The lowest BCUT2D eigenvalue weighted by atomic mass is 9.98. The SMILES string of the molecule is CNC1(c2nc(N)n(C)n2)CCOC1. The zero-order valence-electron chi connectivity index (χ0n) is 8.45. The van der Waals surface area contributed by atoms with E-state index in [-0.39, 0.29) is 5.54 Å². The van der Waals surface area contributed by atoms with Gasteiger partial charge < -0.3 is 15.8 Å². The fourth-order valence-corrected chi connectivity index (χ4v) is 1.65. The summed E-state index contributed by atoms with van der Waals surface area (Å²) in [6.07, 6.45) is 0.882. The highest BCUT2D eigenvalue weighted by molar-refractivity contribution is 5.20. The van der Waals surface area contributed by atoms with Crippen molar-refractivity contribution < 1.29 is 4.74 Å². The molecule has 2 rings (SSSR count). The molecule has 1 unspecified atom stereocenters. The molecular formula is C8H15N5O. The van der Waals surface area contributed by atoms with Crippen LogP contribution in [0.25, 0.3) is 0 Å². The van der Waals surface area contributed by atoms with Crippen LogP contribution in [0.15, 0.2) is 0 Å². The van der Waals surface area contributed by atoms with E-state index in [4.69, 9.17) is 10.5 Å². The maximum Gasteiger partial charge on any atom is 0.218 e. The van der Waals surface area contributed by atoms with Gasteiger partial charge in [-0.25, -0.2) is 4.68 Å². The van der Waals surface area contributed by atoms with Gasteiger partial charge in [-0.3, -0.25) is 0 Å². The van der Waals surface area contributed by atoms with Crippen molar-refractivity contribution in [3.05, 3.63) is 5.82 Å². The molecule has 6 nitrogen and oxygen atoms in total. The normalized spacial score (nSPS) is 27.0. The first-order chi connectivity index (χ1) is 6.68. The van der Waals surface area contributed by atoms with Gasteiger partial charge >= 0.3 is 0 Å².